The molecule has 7 nitrogen and oxygen atoms in total. The molecule has 4 rings (SSSR count). The van der Waals surface area contributed by atoms with Gasteiger partial charge in [0.2, 0.25) is 5.91 Å². The molecule has 180 valence electrons. The number of benzene rings is 1. The Kier molecular flexibility index (Phi) is 7.32. The van der Waals surface area contributed by atoms with Gasteiger partial charge in [-0.05, 0) is 54.2 Å². The molecule has 33 heavy (non-hydrogen) atoms. The van der Waals surface area contributed by atoms with E-state index in [4.69, 9.17) is 9.26 Å². The summed E-state index contributed by atoms with van der Waals surface area (Å²) in [4.78, 5) is 20.0. The van der Waals surface area contributed by atoms with Crippen LogP contribution in [-0.4, -0.2) is 54.7 Å². The lowest BCUT2D eigenvalue weighted by molar-refractivity contribution is -0.128. The number of nitrogens with zero attached hydrogens (tertiary/aromatic N) is 4. The minimum Gasteiger partial charge on any atom is -0.376 e. The van der Waals surface area contributed by atoms with E-state index >= 15 is 0 Å². The number of anilines is 1. The molecule has 2 aromatic rings. The van der Waals surface area contributed by atoms with E-state index in [2.05, 4.69) is 28.9 Å². The molecule has 1 saturated heterocycles. The summed E-state index contributed by atoms with van der Waals surface area (Å²) in [5, 5.41) is 4.07. The zero-order chi connectivity index (χ0) is 23.5. The van der Waals surface area contributed by atoms with Crippen LogP contribution >= 0.6 is 0 Å². The highest BCUT2D eigenvalue weighted by molar-refractivity contribution is 5.78. The number of rotatable bonds is 9. The van der Waals surface area contributed by atoms with Crippen LogP contribution in [0.2, 0.25) is 0 Å². The van der Waals surface area contributed by atoms with Gasteiger partial charge in [0.15, 0.2) is 5.82 Å². The van der Waals surface area contributed by atoms with Crippen LogP contribution in [-0.2, 0) is 22.6 Å². The predicted molar refractivity (Wildman–Crippen MR) is 123 cm³/mol. The van der Waals surface area contributed by atoms with Crippen molar-refractivity contribution < 1.29 is 18.4 Å². The number of aromatic nitrogens is 2. The van der Waals surface area contributed by atoms with E-state index in [0.717, 1.165) is 49.8 Å². The Morgan fingerprint density at radius 1 is 1.30 bits per heavy atom. The second kappa shape index (κ2) is 10.2. The van der Waals surface area contributed by atoms with Gasteiger partial charge in [0, 0.05) is 33.1 Å². The first kappa shape index (κ1) is 23.7. The Balaban J connectivity index is 1.17. The van der Waals surface area contributed by atoms with E-state index in [1.54, 1.807) is 20.2 Å². The van der Waals surface area contributed by atoms with Crippen molar-refractivity contribution in [2.24, 2.45) is 17.8 Å². The molecule has 0 N–H and O–H groups in total. The zero-order valence-corrected chi connectivity index (χ0v) is 20.1. The second-order valence-electron chi connectivity index (χ2n) is 9.98. The van der Waals surface area contributed by atoms with Crippen molar-refractivity contribution in [3.05, 3.63) is 41.0 Å². The summed E-state index contributed by atoms with van der Waals surface area (Å²) in [7, 11) is 3.35. The molecule has 1 aromatic carbocycles. The smallest absolute Gasteiger partial charge is 0.324 e. The number of amides is 1. The highest BCUT2D eigenvalue weighted by atomic mass is 19.1. The average Bonchev–Trinajstić information content (AvgIpc) is 3.38. The molecule has 0 spiro atoms. The van der Waals surface area contributed by atoms with Gasteiger partial charge in [-0.3, -0.25) is 4.79 Å². The third-order valence-electron chi connectivity index (χ3n) is 6.90. The largest absolute Gasteiger partial charge is 0.376 e. The van der Waals surface area contributed by atoms with Gasteiger partial charge >= 0.3 is 6.01 Å². The van der Waals surface area contributed by atoms with Crippen molar-refractivity contribution in [1.82, 2.24) is 15.0 Å². The van der Waals surface area contributed by atoms with E-state index in [1.807, 2.05) is 6.07 Å². The van der Waals surface area contributed by atoms with E-state index in [-0.39, 0.29) is 24.1 Å². The standard InChI is InChI=1S/C25H35FN4O3/c1-16(2)24-27-25(33-28-24)30-9-7-18(8-10-30)21-12-20(21)15-32-14-17-5-6-19(22(26)11-17)13-23(31)29(3)4/h5-6,11,16,18,20-21H,7-10,12-15H2,1-4H3. The van der Waals surface area contributed by atoms with E-state index in [0.29, 0.717) is 30.0 Å². The molecule has 1 amide bonds. The predicted octanol–water partition coefficient (Wildman–Crippen LogP) is 4.03. The molecule has 2 aliphatic rings. The number of likely N-dealkylation sites (N-methyl/N-ethyl adjacent to an activating group) is 1. The molecule has 2 atom stereocenters. The topological polar surface area (TPSA) is 71.7 Å². The maximum absolute atomic E-state index is 14.3. The van der Waals surface area contributed by atoms with Crippen molar-refractivity contribution in [1.29, 1.82) is 0 Å². The molecule has 1 aliphatic heterocycles. The Hall–Kier alpha value is -2.48. The van der Waals surface area contributed by atoms with Crippen LogP contribution in [0.4, 0.5) is 10.4 Å². The summed E-state index contributed by atoms with van der Waals surface area (Å²) in [5.74, 6) is 2.62. The molecule has 8 heteroatoms. The van der Waals surface area contributed by atoms with Crippen LogP contribution in [0.3, 0.4) is 0 Å². The third kappa shape index (κ3) is 5.91. The second-order valence-corrected chi connectivity index (χ2v) is 9.98. The van der Waals surface area contributed by atoms with Crippen LogP contribution < -0.4 is 4.90 Å². The van der Waals surface area contributed by atoms with Crippen LogP contribution in [0.25, 0.3) is 0 Å². The Morgan fingerprint density at radius 2 is 2.06 bits per heavy atom. The molecule has 0 bridgehead atoms. The minimum absolute atomic E-state index is 0.0773. The van der Waals surface area contributed by atoms with Gasteiger partial charge in [-0.2, -0.15) is 4.98 Å². The maximum atomic E-state index is 14.3. The quantitative estimate of drug-likeness (QED) is 0.565. The Labute approximate surface area is 195 Å². The number of hydrogen-bond donors (Lipinski definition) is 0. The first-order chi connectivity index (χ1) is 15.8. The number of carbonyl (C=O) groups is 1. The number of carbonyl (C=O) groups excluding carboxylic acids is 1. The fraction of sp³-hybridized carbons (Fsp3) is 0.640. The fourth-order valence-corrected chi connectivity index (χ4v) is 4.62. The monoisotopic (exact) mass is 458 g/mol. The lowest BCUT2D eigenvalue weighted by Gasteiger charge is -2.30. The van der Waals surface area contributed by atoms with Crippen molar-refractivity contribution >= 4 is 11.9 Å². The lowest BCUT2D eigenvalue weighted by atomic mass is 9.91. The van der Waals surface area contributed by atoms with Crippen LogP contribution in [0.15, 0.2) is 22.7 Å². The van der Waals surface area contributed by atoms with Crippen LogP contribution in [0.5, 0.6) is 0 Å². The summed E-state index contributed by atoms with van der Waals surface area (Å²) < 4.78 is 25.7. The average molecular weight is 459 g/mol. The van der Waals surface area contributed by atoms with Gasteiger partial charge < -0.3 is 19.1 Å². The van der Waals surface area contributed by atoms with Crippen molar-refractivity contribution in [2.45, 2.75) is 52.1 Å². The molecule has 1 aliphatic carbocycles. The van der Waals surface area contributed by atoms with Gasteiger partial charge in [0.25, 0.3) is 0 Å². The Morgan fingerprint density at radius 3 is 2.70 bits per heavy atom. The number of ether oxygens (including phenoxy) is 1. The zero-order valence-electron chi connectivity index (χ0n) is 20.1. The molecule has 2 fully saturated rings. The van der Waals surface area contributed by atoms with Crippen LogP contribution in [0.1, 0.15) is 56.0 Å². The van der Waals surface area contributed by atoms with Crippen molar-refractivity contribution in [3.63, 3.8) is 0 Å². The molecule has 0 radical (unpaired) electrons. The summed E-state index contributed by atoms with van der Waals surface area (Å²) in [6, 6.07) is 5.68. The molecule has 1 aromatic heterocycles. The minimum atomic E-state index is -0.343. The first-order valence-corrected chi connectivity index (χ1v) is 12.0. The first-order valence-electron chi connectivity index (χ1n) is 12.0. The molecular weight excluding hydrogens is 423 g/mol. The molecular formula is C25H35FN4O3. The van der Waals surface area contributed by atoms with Crippen molar-refractivity contribution in [3.8, 4) is 0 Å². The van der Waals surface area contributed by atoms with E-state index in [9.17, 15) is 9.18 Å². The van der Waals surface area contributed by atoms with Gasteiger partial charge in [0.1, 0.15) is 5.82 Å². The van der Waals surface area contributed by atoms with Crippen LogP contribution in [0, 0.1) is 23.6 Å². The summed E-state index contributed by atoms with van der Waals surface area (Å²) in [5.41, 5.74) is 1.23. The summed E-state index contributed by atoms with van der Waals surface area (Å²) in [6.45, 7) is 7.16. The summed E-state index contributed by atoms with van der Waals surface area (Å²) >= 11 is 0. The highest BCUT2D eigenvalue weighted by Crippen LogP contribution is 2.48. The SMILES string of the molecule is CC(C)c1noc(N2CCC(C3CC3COCc3ccc(CC(=O)N(C)C)c(F)c3)CC2)n1. The Bertz CT molecular complexity index is 953. The highest BCUT2D eigenvalue weighted by Gasteiger charge is 2.43. The van der Waals surface area contributed by atoms with Gasteiger partial charge in [-0.1, -0.05) is 31.1 Å². The van der Waals surface area contributed by atoms with Gasteiger partial charge in [-0.15, -0.1) is 0 Å². The molecule has 2 unspecified atom stereocenters. The van der Waals surface area contributed by atoms with Crippen molar-refractivity contribution in [2.75, 3.05) is 38.7 Å². The van der Waals surface area contributed by atoms with E-state index < -0.39 is 0 Å². The molecule has 2 heterocycles. The summed E-state index contributed by atoms with van der Waals surface area (Å²) in [6.07, 6.45) is 3.56. The fourth-order valence-electron chi connectivity index (χ4n) is 4.62. The van der Waals surface area contributed by atoms with Gasteiger partial charge in [-0.25, -0.2) is 4.39 Å². The maximum Gasteiger partial charge on any atom is 0.324 e. The number of piperidine rings is 1. The third-order valence-corrected chi connectivity index (χ3v) is 6.90. The number of halogens is 1. The van der Waals surface area contributed by atoms with Gasteiger partial charge in [0.05, 0.1) is 19.6 Å². The lowest BCUT2D eigenvalue weighted by Crippen LogP contribution is -2.34. The molecule has 1 saturated carbocycles. The number of hydrogen-bond acceptors (Lipinski definition) is 6. The van der Waals surface area contributed by atoms with E-state index in [1.165, 1.54) is 17.4 Å². The normalized spacial score (nSPS) is 21.0.